The summed E-state index contributed by atoms with van der Waals surface area (Å²) in [6, 6.07) is 19.1. The third-order valence-corrected chi connectivity index (χ3v) is 4.72. The summed E-state index contributed by atoms with van der Waals surface area (Å²) in [6.07, 6.45) is 0. The molecule has 0 saturated heterocycles. The lowest BCUT2D eigenvalue weighted by atomic mass is 10.1. The van der Waals surface area contributed by atoms with Gasteiger partial charge in [0.15, 0.2) is 6.61 Å². The molecule has 1 amide bonds. The molecule has 28 heavy (non-hydrogen) atoms. The molecule has 4 rings (SSSR count). The average molecular weight is 440 g/mol. The standard InChI is InChI=1S/C21H15BrFN3O2/c22-15-11-13(23)9-10-19(15)28-12-20(27)24-16-6-2-1-5-14(16)21-25-17-7-3-4-8-18(17)26-21/h1-11H,12H2,(H,24,27)(H,25,26). The number of benzene rings is 3. The number of aromatic amines is 1. The number of ether oxygens (including phenoxy) is 1. The first-order valence-corrected chi connectivity index (χ1v) is 9.31. The Labute approximate surface area is 168 Å². The topological polar surface area (TPSA) is 67.0 Å². The first-order valence-electron chi connectivity index (χ1n) is 8.52. The Balaban J connectivity index is 1.51. The highest BCUT2D eigenvalue weighted by Crippen LogP contribution is 2.28. The van der Waals surface area contributed by atoms with Gasteiger partial charge in [-0.15, -0.1) is 0 Å². The number of aromatic nitrogens is 2. The number of nitrogens with one attached hydrogen (secondary N) is 2. The number of carbonyl (C=O) groups is 1. The normalized spacial score (nSPS) is 10.8. The van der Waals surface area contributed by atoms with Gasteiger partial charge in [-0.05, 0) is 58.4 Å². The van der Waals surface area contributed by atoms with Gasteiger partial charge in [0.05, 0.1) is 21.2 Å². The van der Waals surface area contributed by atoms with Gasteiger partial charge in [-0.1, -0.05) is 24.3 Å². The molecule has 0 aliphatic rings. The molecule has 0 spiro atoms. The average Bonchev–Trinajstić information content (AvgIpc) is 3.12. The summed E-state index contributed by atoms with van der Waals surface area (Å²) in [5, 5.41) is 2.84. The van der Waals surface area contributed by atoms with Crippen molar-refractivity contribution >= 4 is 38.6 Å². The largest absolute Gasteiger partial charge is 0.483 e. The Bertz CT molecular complexity index is 1130. The van der Waals surface area contributed by atoms with E-state index >= 15 is 0 Å². The molecule has 2 N–H and O–H groups in total. The minimum absolute atomic E-state index is 0.210. The van der Waals surface area contributed by atoms with Crippen molar-refractivity contribution in [2.75, 3.05) is 11.9 Å². The van der Waals surface area contributed by atoms with Crippen LogP contribution in [0.4, 0.5) is 10.1 Å². The molecule has 0 bridgehead atoms. The number of amides is 1. The van der Waals surface area contributed by atoms with Crippen LogP contribution in [0.2, 0.25) is 0 Å². The van der Waals surface area contributed by atoms with Gasteiger partial charge in [0.1, 0.15) is 17.4 Å². The van der Waals surface area contributed by atoms with Gasteiger partial charge in [-0.25, -0.2) is 9.37 Å². The van der Waals surface area contributed by atoms with Crippen LogP contribution in [0.5, 0.6) is 5.75 Å². The fourth-order valence-electron chi connectivity index (χ4n) is 2.80. The van der Waals surface area contributed by atoms with E-state index in [2.05, 4.69) is 31.2 Å². The summed E-state index contributed by atoms with van der Waals surface area (Å²) in [7, 11) is 0. The fourth-order valence-corrected chi connectivity index (χ4v) is 3.27. The maximum absolute atomic E-state index is 13.1. The monoisotopic (exact) mass is 439 g/mol. The summed E-state index contributed by atoms with van der Waals surface area (Å²) in [4.78, 5) is 20.2. The predicted molar refractivity (Wildman–Crippen MR) is 110 cm³/mol. The van der Waals surface area contributed by atoms with E-state index in [1.54, 1.807) is 6.07 Å². The SMILES string of the molecule is O=C(COc1ccc(F)cc1Br)Nc1ccccc1-c1nc2ccccc2[nH]1. The molecule has 4 aromatic rings. The molecule has 0 atom stereocenters. The Morgan fingerprint density at radius 2 is 1.89 bits per heavy atom. The van der Waals surface area contributed by atoms with E-state index in [1.165, 1.54) is 18.2 Å². The number of fused-ring (bicyclic) bond motifs is 1. The summed E-state index contributed by atoms with van der Waals surface area (Å²) >= 11 is 3.21. The number of hydrogen-bond acceptors (Lipinski definition) is 3. The van der Waals surface area contributed by atoms with Crippen molar-refractivity contribution in [2.45, 2.75) is 0 Å². The van der Waals surface area contributed by atoms with Crippen molar-refractivity contribution in [3.63, 3.8) is 0 Å². The van der Waals surface area contributed by atoms with E-state index < -0.39 is 0 Å². The van der Waals surface area contributed by atoms with E-state index in [0.717, 1.165) is 16.6 Å². The number of para-hydroxylation sites is 3. The minimum Gasteiger partial charge on any atom is -0.483 e. The van der Waals surface area contributed by atoms with Gasteiger partial charge >= 0.3 is 0 Å². The predicted octanol–water partition coefficient (Wildman–Crippen LogP) is 5.15. The summed E-state index contributed by atoms with van der Waals surface area (Å²) < 4.78 is 19.1. The Morgan fingerprint density at radius 3 is 2.71 bits per heavy atom. The van der Waals surface area contributed by atoms with Crippen LogP contribution in [0.3, 0.4) is 0 Å². The maximum atomic E-state index is 13.1. The first kappa shape index (κ1) is 18.2. The van der Waals surface area contributed by atoms with E-state index in [-0.39, 0.29) is 18.3 Å². The van der Waals surface area contributed by atoms with Crippen molar-refractivity contribution in [3.05, 3.63) is 77.0 Å². The summed E-state index contributed by atoms with van der Waals surface area (Å²) in [6.45, 7) is -0.210. The van der Waals surface area contributed by atoms with Crippen molar-refractivity contribution in [3.8, 4) is 17.1 Å². The van der Waals surface area contributed by atoms with Crippen LogP contribution < -0.4 is 10.1 Å². The number of halogens is 2. The van der Waals surface area contributed by atoms with Crippen molar-refractivity contribution in [2.24, 2.45) is 0 Å². The van der Waals surface area contributed by atoms with Crippen LogP contribution in [-0.4, -0.2) is 22.5 Å². The van der Waals surface area contributed by atoms with Gasteiger partial charge in [0, 0.05) is 5.56 Å². The van der Waals surface area contributed by atoms with Crippen molar-refractivity contribution in [1.82, 2.24) is 9.97 Å². The van der Waals surface area contributed by atoms with Gasteiger partial charge in [-0.3, -0.25) is 4.79 Å². The third-order valence-electron chi connectivity index (χ3n) is 4.10. The highest BCUT2D eigenvalue weighted by atomic mass is 79.9. The Hall–Kier alpha value is -3.19. The Morgan fingerprint density at radius 1 is 1.11 bits per heavy atom. The smallest absolute Gasteiger partial charge is 0.262 e. The van der Waals surface area contributed by atoms with Crippen molar-refractivity contribution in [1.29, 1.82) is 0 Å². The van der Waals surface area contributed by atoms with Crippen LogP contribution in [-0.2, 0) is 4.79 Å². The molecule has 1 heterocycles. The summed E-state index contributed by atoms with van der Waals surface area (Å²) in [5.41, 5.74) is 3.16. The van der Waals surface area contributed by atoms with Gasteiger partial charge in [-0.2, -0.15) is 0 Å². The maximum Gasteiger partial charge on any atom is 0.262 e. The van der Waals surface area contributed by atoms with Gasteiger partial charge in [0.25, 0.3) is 5.91 Å². The molecule has 1 aromatic heterocycles. The van der Waals surface area contributed by atoms with E-state index in [4.69, 9.17) is 4.74 Å². The van der Waals surface area contributed by atoms with Crippen LogP contribution in [0.1, 0.15) is 0 Å². The molecule has 140 valence electrons. The second-order valence-electron chi connectivity index (χ2n) is 6.06. The van der Waals surface area contributed by atoms with E-state index in [0.29, 0.717) is 21.7 Å². The number of carbonyl (C=O) groups excluding carboxylic acids is 1. The highest BCUT2D eigenvalue weighted by Gasteiger charge is 2.13. The van der Waals surface area contributed by atoms with E-state index in [9.17, 15) is 9.18 Å². The second-order valence-corrected chi connectivity index (χ2v) is 6.91. The molecule has 0 unspecified atom stereocenters. The first-order chi connectivity index (χ1) is 13.6. The number of anilines is 1. The third kappa shape index (κ3) is 3.89. The lowest BCUT2D eigenvalue weighted by molar-refractivity contribution is -0.118. The quantitative estimate of drug-likeness (QED) is 0.451. The van der Waals surface area contributed by atoms with Crippen LogP contribution in [0.15, 0.2) is 71.2 Å². The van der Waals surface area contributed by atoms with Crippen LogP contribution in [0.25, 0.3) is 22.4 Å². The highest BCUT2D eigenvalue weighted by molar-refractivity contribution is 9.10. The molecular weight excluding hydrogens is 425 g/mol. The van der Waals surface area contributed by atoms with E-state index in [1.807, 2.05) is 42.5 Å². The number of rotatable bonds is 5. The number of hydrogen-bond donors (Lipinski definition) is 2. The van der Waals surface area contributed by atoms with Crippen LogP contribution in [0, 0.1) is 5.82 Å². The number of H-pyrrole nitrogens is 1. The lowest BCUT2D eigenvalue weighted by Gasteiger charge is -2.11. The number of imidazole rings is 1. The molecule has 0 aliphatic heterocycles. The van der Waals surface area contributed by atoms with Crippen molar-refractivity contribution < 1.29 is 13.9 Å². The number of nitrogens with zero attached hydrogens (tertiary/aromatic N) is 1. The minimum atomic E-state index is -0.386. The molecule has 7 heteroatoms. The zero-order valence-corrected chi connectivity index (χ0v) is 16.2. The zero-order chi connectivity index (χ0) is 19.5. The van der Waals surface area contributed by atoms with Gasteiger partial charge in [0.2, 0.25) is 0 Å². The fraction of sp³-hybridized carbons (Fsp3) is 0.0476. The molecule has 3 aromatic carbocycles. The molecule has 0 saturated carbocycles. The zero-order valence-electron chi connectivity index (χ0n) is 14.6. The molecule has 0 aliphatic carbocycles. The van der Waals surface area contributed by atoms with Crippen LogP contribution >= 0.6 is 15.9 Å². The lowest BCUT2D eigenvalue weighted by Crippen LogP contribution is -2.20. The molecule has 5 nitrogen and oxygen atoms in total. The molecule has 0 radical (unpaired) electrons. The Kier molecular flexibility index (Phi) is 5.08. The molecular formula is C21H15BrFN3O2. The second kappa shape index (κ2) is 7.82. The van der Waals surface area contributed by atoms with Gasteiger partial charge < -0.3 is 15.0 Å². The summed E-state index contributed by atoms with van der Waals surface area (Å²) in [5.74, 6) is 0.338. The molecule has 0 fully saturated rings.